The highest BCUT2D eigenvalue weighted by Crippen LogP contribution is 2.56. The largest absolute Gasteiger partial charge is 0.350 e. The van der Waals surface area contributed by atoms with Crippen molar-refractivity contribution in [2.45, 2.75) is 12.1 Å². The zero-order valence-electron chi connectivity index (χ0n) is 11.4. The summed E-state index contributed by atoms with van der Waals surface area (Å²) in [6, 6.07) is 14.8. The number of hydrogen-bond acceptors (Lipinski definition) is 4. The van der Waals surface area contributed by atoms with Crippen molar-refractivity contribution in [3.05, 3.63) is 84.7 Å². The van der Waals surface area contributed by atoms with E-state index in [1.54, 1.807) is 6.20 Å². The summed E-state index contributed by atoms with van der Waals surface area (Å²) in [7, 11) is 0. The molecule has 2 atom stereocenters. The molecule has 1 saturated heterocycles. The van der Waals surface area contributed by atoms with Crippen LogP contribution < -0.4 is 4.90 Å². The fraction of sp³-hybridized carbons (Fsp3) is 0.118. The van der Waals surface area contributed by atoms with Gasteiger partial charge in [-0.25, -0.2) is 0 Å². The molecule has 4 rings (SSSR count). The lowest BCUT2D eigenvalue weighted by molar-refractivity contribution is 0.963. The molecule has 4 heteroatoms. The van der Waals surface area contributed by atoms with Crippen molar-refractivity contribution < 1.29 is 0 Å². The predicted molar refractivity (Wildman–Crippen MR) is 80.7 cm³/mol. The fourth-order valence-corrected chi connectivity index (χ4v) is 2.82. The summed E-state index contributed by atoms with van der Waals surface area (Å²) >= 11 is 0. The first-order chi connectivity index (χ1) is 10.4. The van der Waals surface area contributed by atoms with Crippen LogP contribution in [0.5, 0.6) is 0 Å². The van der Waals surface area contributed by atoms with Gasteiger partial charge in [-0.2, -0.15) is 0 Å². The van der Waals surface area contributed by atoms with Gasteiger partial charge in [-0.1, -0.05) is 6.07 Å². The van der Waals surface area contributed by atoms with E-state index < -0.39 is 0 Å². The van der Waals surface area contributed by atoms with Crippen LogP contribution in [0.15, 0.2) is 73.4 Å². The number of pyridine rings is 3. The molecule has 0 saturated carbocycles. The molecule has 3 aromatic heterocycles. The van der Waals surface area contributed by atoms with Crippen LogP contribution in [0.4, 0.5) is 5.69 Å². The van der Waals surface area contributed by atoms with Gasteiger partial charge in [-0.15, -0.1) is 0 Å². The Morgan fingerprint density at radius 1 is 0.762 bits per heavy atom. The van der Waals surface area contributed by atoms with E-state index in [0.29, 0.717) is 6.04 Å². The van der Waals surface area contributed by atoms with Gasteiger partial charge < -0.3 is 4.90 Å². The molecule has 0 radical (unpaired) electrons. The lowest BCUT2D eigenvalue weighted by Crippen LogP contribution is -1.96. The van der Waals surface area contributed by atoms with E-state index in [0.717, 1.165) is 11.4 Å². The molecule has 0 aromatic carbocycles. The van der Waals surface area contributed by atoms with Crippen molar-refractivity contribution in [3.63, 3.8) is 0 Å². The highest BCUT2D eigenvalue weighted by molar-refractivity contribution is 5.59. The zero-order valence-corrected chi connectivity index (χ0v) is 11.4. The first-order valence-corrected chi connectivity index (χ1v) is 6.94. The van der Waals surface area contributed by atoms with Gasteiger partial charge >= 0.3 is 0 Å². The Kier molecular flexibility index (Phi) is 2.85. The average Bonchev–Trinajstić information content (AvgIpc) is 3.33. The van der Waals surface area contributed by atoms with Crippen LogP contribution in [0, 0.1) is 0 Å². The second kappa shape index (κ2) is 4.98. The number of aromatic nitrogens is 3. The Bertz CT molecular complexity index is 606. The molecule has 0 spiro atoms. The highest BCUT2D eigenvalue weighted by Gasteiger charge is 2.50. The van der Waals surface area contributed by atoms with Crippen molar-refractivity contribution in [3.8, 4) is 0 Å². The van der Waals surface area contributed by atoms with Crippen molar-refractivity contribution >= 4 is 5.69 Å². The molecule has 0 N–H and O–H groups in total. The Morgan fingerprint density at radius 3 is 2.38 bits per heavy atom. The predicted octanol–water partition coefficient (Wildman–Crippen LogP) is 3.17. The van der Waals surface area contributed by atoms with E-state index >= 15 is 0 Å². The van der Waals surface area contributed by atoms with E-state index in [1.807, 2.05) is 43.0 Å². The summed E-state index contributed by atoms with van der Waals surface area (Å²) in [4.78, 5) is 15.2. The van der Waals surface area contributed by atoms with Gasteiger partial charge in [0, 0.05) is 24.8 Å². The summed E-state index contributed by atoms with van der Waals surface area (Å²) in [6.07, 6.45) is 9.22. The summed E-state index contributed by atoms with van der Waals surface area (Å²) in [5.41, 5.74) is 3.46. The lowest BCUT2D eigenvalue weighted by Gasteiger charge is -2.05. The molecule has 21 heavy (non-hydrogen) atoms. The minimum atomic E-state index is 0.262. The molecule has 0 aliphatic carbocycles. The SMILES string of the molecule is c1ccc([C@H]2[C@H](c3ccncc3)N2c2cccnc2)nc1. The van der Waals surface area contributed by atoms with E-state index in [2.05, 4.69) is 44.1 Å². The maximum absolute atomic E-state index is 4.51. The maximum atomic E-state index is 4.51. The van der Waals surface area contributed by atoms with Crippen molar-refractivity contribution in [1.82, 2.24) is 15.0 Å². The monoisotopic (exact) mass is 274 g/mol. The van der Waals surface area contributed by atoms with Crippen LogP contribution in [-0.4, -0.2) is 15.0 Å². The minimum Gasteiger partial charge on any atom is -0.350 e. The second-order valence-electron chi connectivity index (χ2n) is 5.04. The Hall–Kier alpha value is -2.75. The van der Waals surface area contributed by atoms with Crippen molar-refractivity contribution in [2.24, 2.45) is 0 Å². The fourth-order valence-electron chi connectivity index (χ4n) is 2.82. The van der Waals surface area contributed by atoms with Gasteiger partial charge in [0.25, 0.3) is 0 Å². The lowest BCUT2D eigenvalue weighted by atomic mass is 10.1. The first-order valence-electron chi connectivity index (χ1n) is 6.94. The van der Waals surface area contributed by atoms with Gasteiger partial charge in [-0.05, 0) is 42.0 Å². The minimum absolute atomic E-state index is 0.262. The summed E-state index contributed by atoms with van der Waals surface area (Å²) in [5.74, 6) is 0. The van der Waals surface area contributed by atoms with Crippen LogP contribution in [0.3, 0.4) is 0 Å². The topological polar surface area (TPSA) is 41.7 Å². The molecular formula is C17H14N4. The third-order valence-electron chi connectivity index (χ3n) is 3.79. The molecular weight excluding hydrogens is 260 g/mol. The zero-order chi connectivity index (χ0) is 14.1. The number of nitrogens with zero attached hydrogens (tertiary/aromatic N) is 4. The molecule has 0 amide bonds. The summed E-state index contributed by atoms with van der Waals surface area (Å²) < 4.78 is 0. The van der Waals surface area contributed by atoms with E-state index in [-0.39, 0.29) is 6.04 Å². The van der Waals surface area contributed by atoms with Gasteiger partial charge in [0.05, 0.1) is 29.7 Å². The van der Waals surface area contributed by atoms with Gasteiger partial charge in [-0.3, -0.25) is 15.0 Å². The molecule has 0 bridgehead atoms. The molecule has 102 valence electrons. The maximum Gasteiger partial charge on any atom is 0.0966 e. The third kappa shape index (κ3) is 2.14. The Labute approximate surface area is 123 Å². The average molecular weight is 274 g/mol. The van der Waals surface area contributed by atoms with Gasteiger partial charge in [0.2, 0.25) is 0 Å². The van der Waals surface area contributed by atoms with E-state index in [4.69, 9.17) is 0 Å². The summed E-state index contributed by atoms with van der Waals surface area (Å²) in [5, 5.41) is 0. The standard InChI is InChI=1S/C17H14N4/c1-2-9-20-15(5-1)17-16(13-6-10-18-11-7-13)21(17)14-4-3-8-19-12-14/h1-12,16-17H/t16-,17-,21?/m0/s1. The number of hydrogen-bond donors (Lipinski definition) is 0. The van der Waals surface area contributed by atoms with Crippen molar-refractivity contribution in [1.29, 1.82) is 0 Å². The van der Waals surface area contributed by atoms with Crippen LogP contribution in [0.1, 0.15) is 23.3 Å². The molecule has 1 fully saturated rings. The Balaban J connectivity index is 1.74. The smallest absolute Gasteiger partial charge is 0.0966 e. The molecule has 3 aromatic rings. The highest BCUT2D eigenvalue weighted by atomic mass is 15.4. The number of anilines is 1. The van der Waals surface area contributed by atoms with Gasteiger partial charge in [0.1, 0.15) is 0 Å². The normalized spacial score (nSPS) is 20.3. The molecule has 1 aliphatic heterocycles. The van der Waals surface area contributed by atoms with Crippen LogP contribution in [-0.2, 0) is 0 Å². The van der Waals surface area contributed by atoms with Crippen molar-refractivity contribution in [2.75, 3.05) is 4.90 Å². The van der Waals surface area contributed by atoms with Gasteiger partial charge in [0.15, 0.2) is 0 Å². The number of rotatable bonds is 3. The first kappa shape index (κ1) is 12.0. The van der Waals surface area contributed by atoms with E-state index in [1.165, 1.54) is 5.56 Å². The molecule has 4 nitrogen and oxygen atoms in total. The molecule has 0 unspecified atom stereocenters. The quantitative estimate of drug-likeness (QED) is 0.688. The summed E-state index contributed by atoms with van der Waals surface area (Å²) in [6.45, 7) is 0. The van der Waals surface area contributed by atoms with Crippen LogP contribution >= 0.6 is 0 Å². The van der Waals surface area contributed by atoms with E-state index in [9.17, 15) is 0 Å². The molecule has 4 heterocycles. The second-order valence-corrected chi connectivity index (χ2v) is 5.04. The Morgan fingerprint density at radius 2 is 1.67 bits per heavy atom. The molecule has 1 aliphatic rings. The third-order valence-corrected chi connectivity index (χ3v) is 3.79. The van der Waals surface area contributed by atoms with Crippen LogP contribution in [0.25, 0.3) is 0 Å². The van der Waals surface area contributed by atoms with Crippen LogP contribution in [0.2, 0.25) is 0 Å².